The van der Waals surface area contributed by atoms with Gasteiger partial charge in [-0.05, 0) is 210 Å². The molecule has 1 aliphatic rings. The van der Waals surface area contributed by atoms with Gasteiger partial charge in [0.15, 0.2) is 0 Å². The molecule has 120 heavy (non-hydrogen) atoms. The molecule has 1 saturated carbocycles. The Morgan fingerprint density at radius 2 is 0.675 bits per heavy atom. The fourth-order valence-corrected chi connectivity index (χ4v) is 14.4. The topological polar surface area (TPSA) is 252 Å². The minimum Gasteiger partial charge on any atom is -0.497 e. The van der Waals surface area contributed by atoms with E-state index in [1.807, 2.05) is 139 Å². The number of carbonyl (C=O) groups excluding carboxylic acids is 9. The largest absolute Gasteiger partial charge is 0.497 e. The number of aromatic nitrogens is 6. The van der Waals surface area contributed by atoms with Crippen molar-refractivity contribution in [1.29, 1.82) is 0 Å². The van der Waals surface area contributed by atoms with Crippen molar-refractivity contribution in [2.75, 3.05) is 7.11 Å². The lowest BCUT2D eigenvalue weighted by Crippen LogP contribution is -2.27. The Hall–Kier alpha value is -14.6. The van der Waals surface area contributed by atoms with Crippen LogP contribution >= 0.6 is 0 Å². The molecule has 0 aliphatic heterocycles. The van der Waals surface area contributed by atoms with Crippen LogP contribution in [0.4, 0.5) is 0 Å². The Balaban J connectivity index is 0.000000167. The van der Waals surface area contributed by atoms with Crippen molar-refractivity contribution in [3.63, 3.8) is 0 Å². The molecule has 3 atom stereocenters. The van der Waals surface area contributed by atoms with Gasteiger partial charge in [0.2, 0.25) is 0 Å². The number of aryl methyl sites for hydroxylation is 3. The quantitative estimate of drug-likeness (QED) is 0.0643. The van der Waals surface area contributed by atoms with E-state index in [-0.39, 0.29) is 59.7 Å². The maximum absolute atomic E-state index is 13.1. The highest BCUT2D eigenvalue weighted by Gasteiger charge is 2.25. The number of amides is 3. The summed E-state index contributed by atoms with van der Waals surface area (Å²) in [6.07, 6.45) is 3.30. The number of hydrogen-bond acceptors (Lipinski definition) is 13. The Bertz CT molecular complexity index is 6100. The van der Waals surface area contributed by atoms with Gasteiger partial charge in [0.25, 0.3) is 17.7 Å². The summed E-state index contributed by atoms with van der Waals surface area (Å²) in [5.41, 5.74) is 24.2. The second kappa shape index (κ2) is 40.8. The van der Waals surface area contributed by atoms with Crippen molar-refractivity contribution in [1.82, 2.24) is 44.6 Å². The maximum atomic E-state index is 13.1. The van der Waals surface area contributed by atoms with Gasteiger partial charge >= 0.3 is 18.5 Å². The molecule has 0 bridgehead atoms. The van der Waals surface area contributed by atoms with Crippen LogP contribution in [0.3, 0.4) is 0 Å². The summed E-state index contributed by atoms with van der Waals surface area (Å²) in [6.45, 7) is 20.9. The number of nitrogens with one attached hydrogen (secondary N) is 3. The molecule has 19 heteroatoms. The van der Waals surface area contributed by atoms with Crippen LogP contribution < -0.4 is 20.7 Å². The Morgan fingerprint density at radius 3 is 0.992 bits per heavy atom. The molecule has 604 valence electrons. The second-order valence-electron chi connectivity index (χ2n) is 30.5. The fourth-order valence-electron chi connectivity index (χ4n) is 14.4. The summed E-state index contributed by atoms with van der Waals surface area (Å²) < 4.78 is 11.9. The van der Waals surface area contributed by atoms with Crippen LogP contribution in [0.1, 0.15) is 171 Å². The number of methoxy groups -OCH3 is 1. The number of hydrogen-bond donors (Lipinski definition) is 3. The number of carbonyl (C=O) groups is 3. The molecule has 3 aromatic heterocycles. The molecule has 3 N–H and O–H groups in total. The van der Waals surface area contributed by atoms with E-state index in [4.69, 9.17) is 48.5 Å². The molecule has 0 saturated heterocycles. The molecule has 16 rings (SSSR count). The number of fused-ring (bicyclic) bond motifs is 3. The maximum Gasteiger partial charge on any atom is 0.373 e. The van der Waals surface area contributed by atoms with Crippen molar-refractivity contribution in [3.8, 4) is 39.1 Å². The van der Waals surface area contributed by atoms with Crippen molar-refractivity contribution >= 4 is 69.3 Å². The highest BCUT2D eigenvalue weighted by Crippen LogP contribution is 2.41. The normalized spacial score (nSPS) is 12.0. The zero-order valence-corrected chi connectivity index (χ0v) is 68.8. The van der Waals surface area contributed by atoms with Crippen molar-refractivity contribution in [2.45, 2.75) is 124 Å². The van der Waals surface area contributed by atoms with Crippen molar-refractivity contribution < 1.29 is 47.9 Å². The molecule has 1 aliphatic carbocycles. The first kappa shape index (κ1) is 86.3. The molecule has 3 heterocycles. The van der Waals surface area contributed by atoms with Gasteiger partial charge in [-0.1, -0.05) is 245 Å². The fraction of sp³-hybridized carbons (Fsp3) is 0.198. The Labute approximate surface area is 698 Å². The summed E-state index contributed by atoms with van der Waals surface area (Å²) in [7, 11) is 1.64. The summed E-state index contributed by atoms with van der Waals surface area (Å²) in [5, 5.41) is 9.41. The van der Waals surface area contributed by atoms with Gasteiger partial charge in [-0.25, -0.2) is 15.0 Å². The van der Waals surface area contributed by atoms with Gasteiger partial charge in [-0.2, -0.15) is 28.8 Å². The summed E-state index contributed by atoms with van der Waals surface area (Å²) in [5.74, 6) is 3.95. The molecule has 1 fully saturated rings. The monoisotopic (exact) mass is 1590 g/mol. The standard InChI is InChI=1S/C34H35N3O.C33H31N3O.C31H29N3O2.3CO2/c1-23(28-12-9-13-30(20-28)34(3,4)5)35-33(38)29-18-19-32-31(21-29)36-24(2)37(32)22-25-14-16-27(17-15-25)26-10-7-6-8-11-26;1-22(28-9-6-10-29(19-28)27-15-16-27)34-33(37)30-17-18-32-31(20-30)35-23(2)36(32)21-24-11-13-26(14-12-24)25-7-4-3-5-8-25;1-21(26-10-7-11-28(18-26)36-3)32-31(35)27-16-17-30-29(19-27)33-22(2)34(30)20-23-12-14-25(15-13-23)24-8-5-4-6-9-24;3*2-1-3/h6-21,23H,22H2,1-5H3,(H,35,38);3-14,17-20,22,27H,15-16,21H2,1-2H3,(H,34,37);4-19,21H,20H2,1-3H3,(H,32,35);;;/t23-;22-;21-;;;/m000.../s1. The van der Waals surface area contributed by atoms with Crippen LogP contribution in [0.2, 0.25) is 0 Å². The molecule has 0 spiro atoms. The van der Waals surface area contributed by atoms with Gasteiger partial charge in [-0.3, -0.25) is 14.4 Å². The predicted octanol–water partition coefficient (Wildman–Crippen LogP) is 20.1. The summed E-state index contributed by atoms with van der Waals surface area (Å²) >= 11 is 0. The number of rotatable bonds is 20. The van der Waals surface area contributed by atoms with Crippen LogP contribution in [-0.4, -0.2) is 71.9 Å². The van der Waals surface area contributed by atoms with Crippen molar-refractivity contribution in [3.05, 3.63) is 370 Å². The van der Waals surface area contributed by atoms with Gasteiger partial charge in [0.05, 0.1) is 58.3 Å². The van der Waals surface area contributed by atoms with E-state index < -0.39 is 0 Å². The average Bonchev–Trinajstić information content (AvgIpc) is 1.65. The third-order valence-electron chi connectivity index (χ3n) is 21.2. The van der Waals surface area contributed by atoms with E-state index in [2.05, 4.69) is 245 Å². The van der Waals surface area contributed by atoms with E-state index in [0.29, 0.717) is 22.6 Å². The van der Waals surface area contributed by atoms with Crippen LogP contribution in [-0.2, 0) is 53.8 Å². The van der Waals surface area contributed by atoms with Gasteiger partial charge in [0.1, 0.15) is 23.2 Å². The predicted molar refractivity (Wildman–Crippen MR) is 466 cm³/mol. The highest BCUT2D eigenvalue weighted by atomic mass is 16.5. The first-order valence-corrected chi connectivity index (χ1v) is 39.6. The number of benzene rings is 12. The minimum atomic E-state index is -0.151. The third-order valence-corrected chi connectivity index (χ3v) is 21.2. The zero-order valence-electron chi connectivity index (χ0n) is 68.8. The molecular weight excluding hydrogens is 1500 g/mol. The molecule has 0 radical (unpaired) electrons. The minimum absolute atomic E-state index is 0.0555. The molecule has 12 aromatic carbocycles. The highest BCUT2D eigenvalue weighted by molar-refractivity contribution is 5.99. The first-order valence-electron chi connectivity index (χ1n) is 39.6. The molecule has 19 nitrogen and oxygen atoms in total. The Morgan fingerprint density at radius 1 is 0.375 bits per heavy atom. The van der Waals surface area contributed by atoms with Crippen LogP contribution in [0.5, 0.6) is 5.75 Å². The van der Waals surface area contributed by atoms with Crippen LogP contribution in [0.15, 0.2) is 291 Å². The molecular formula is C101H95N9O10. The smallest absolute Gasteiger partial charge is 0.373 e. The second-order valence-corrected chi connectivity index (χ2v) is 30.5. The van der Waals surface area contributed by atoms with Crippen molar-refractivity contribution in [2.24, 2.45) is 0 Å². The van der Waals surface area contributed by atoms with Crippen LogP contribution in [0.25, 0.3) is 66.5 Å². The molecule has 3 amide bonds. The molecule has 15 aromatic rings. The van der Waals surface area contributed by atoms with Gasteiger partial charge in [-0.15, -0.1) is 0 Å². The lowest BCUT2D eigenvalue weighted by molar-refractivity contribution is -0.193. The SMILES string of the molecule is COc1cccc([C@H](C)NC(=O)c2ccc3c(c2)nc(C)n3Cc2ccc(-c3ccccc3)cc2)c1.Cc1nc2cc(C(=O)N[C@@H](C)c3cccc(C(C)(C)C)c3)ccc2n1Cc1ccc(-c2ccccc2)cc1.Cc1nc2cc(C(=O)N[C@@H](C)c3cccc(C4CC4)c3)ccc2n1Cc1ccc(-c2ccccc2)cc1.O=C=O.O=C=O.O=C=O. The van der Waals surface area contributed by atoms with E-state index in [1.165, 1.54) is 74.0 Å². The number of nitrogens with zero attached hydrogens (tertiary/aromatic N) is 6. The third kappa shape index (κ3) is 22.5. The van der Waals surface area contributed by atoms with Gasteiger partial charge < -0.3 is 34.4 Å². The van der Waals surface area contributed by atoms with E-state index >= 15 is 0 Å². The Kier molecular flexibility index (Phi) is 29.3. The summed E-state index contributed by atoms with van der Waals surface area (Å²) in [6, 6.07) is 99.1. The van der Waals surface area contributed by atoms with E-state index in [1.54, 1.807) is 7.11 Å². The average molecular weight is 1590 g/mol. The number of imidazole rings is 3. The van der Waals surface area contributed by atoms with Crippen LogP contribution in [0, 0.1) is 20.8 Å². The van der Waals surface area contributed by atoms with E-state index in [9.17, 15) is 14.4 Å². The lowest BCUT2D eigenvalue weighted by Gasteiger charge is -2.22. The first-order chi connectivity index (χ1) is 58.0. The summed E-state index contributed by atoms with van der Waals surface area (Å²) in [4.78, 5) is 102. The van der Waals surface area contributed by atoms with Gasteiger partial charge in [0, 0.05) is 36.3 Å². The lowest BCUT2D eigenvalue weighted by atomic mass is 9.85. The van der Waals surface area contributed by atoms with E-state index in [0.717, 1.165) is 92.6 Å². The molecule has 0 unspecified atom stereocenters. The number of ether oxygens (including phenoxy) is 1. The zero-order chi connectivity index (χ0) is 85.4.